The Kier molecular flexibility index (Phi) is 5.57. The van der Waals surface area contributed by atoms with Gasteiger partial charge in [-0.3, -0.25) is 9.58 Å². The lowest BCUT2D eigenvalue weighted by Crippen LogP contribution is -2.50. The van der Waals surface area contributed by atoms with Gasteiger partial charge in [-0.25, -0.2) is 0 Å². The Balaban J connectivity index is 2.00. The minimum atomic E-state index is 0.451. The van der Waals surface area contributed by atoms with E-state index in [-0.39, 0.29) is 0 Å². The summed E-state index contributed by atoms with van der Waals surface area (Å²) in [7, 11) is 0. The van der Waals surface area contributed by atoms with Gasteiger partial charge in [0, 0.05) is 38.3 Å². The fourth-order valence-electron chi connectivity index (χ4n) is 2.67. The number of aromatic nitrogens is 2. The first-order valence-electron chi connectivity index (χ1n) is 7.68. The van der Waals surface area contributed by atoms with E-state index >= 15 is 0 Å². The van der Waals surface area contributed by atoms with Crippen molar-refractivity contribution in [2.45, 2.75) is 52.9 Å². The van der Waals surface area contributed by atoms with Crippen LogP contribution in [0.25, 0.3) is 0 Å². The molecule has 0 aromatic carbocycles. The van der Waals surface area contributed by atoms with Crippen molar-refractivity contribution in [2.24, 2.45) is 0 Å². The maximum absolute atomic E-state index is 5.64. The van der Waals surface area contributed by atoms with Crippen LogP contribution in [0.2, 0.25) is 0 Å². The lowest BCUT2D eigenvalue weighted by atomic mass is 10.2. The van der Waals surface area contributed by atoms with Crippen LogP contribution in [0.15, 0.2) is 6.07 Å². The maximum Gasteiger partial charge on any atom is 0.0635 e. The smallest absolute Gasteiger partial charge is 0.0635 e. The number of aryl methyl sites for hydroxylation is 2. The number of hydrogen-bond donors (Lipinski definition) is 1. The van der Waals surface area contributed by atoms with Crippen LogP contribution in [0.5, 0.6) is 0 Å². The normalized spacial score (nSPS) is 20.8. The van der Waals surface area contributed by atoms with Crippen LogP contribution in [0.1, 0.15) is 32.2 Å². The van der Waals surface area contributed by atoms with Crippen LogP contribution in [0, 0.1) is 6.92 Å². The number of ether oxygens (including phenoxy) is 1. The van der Waals surface area contributed by atoms with Crippen molar-refractivity contribution in [3.8, 4) is 0 Å². The second-order valence-corrected chi connectivity index (χ2v) is 5.85. The molecule has 0 amide bonds. The first kappa shape index (κ1) is 15.5. The van der Waals surface area contributed by atoms with E-state index in [9.17, 15) is 0 Å². The number of nitrogens with zero attached hydrogens (tertiary/aromatic N) is 3. The molecule has 1 fully saturated rings. The molecule has 2 heterocycles. The Hall–Kier alpha value is -0.910. The number of rotatable bonds is 6. The van der Waals surface area contributed by atoms with Gasteiger partial charge in [-0.05, 0) is 19.9 Å². The van der Waals surface area contributed by atoms with Crippen molar-refractivity contribution in [2.75, 3.05) is 26.3 Å². The number of morpholine rings is 1. The van der Waals surface area contributed by atoms with Gasteiger partial charge in [0.15, 0.2) is 0 Å². The van der Waals surface area contributed by atoms with Crippen LogP contribution >= 0.6 is 0 Å². The third-order valence-electron chi connectivity index (χ3n) is 3.76. The van der Waals surface area contributed by atoms with Gasteiger partial charge in [-0.2, -0.15) is 5.10 Å². The fourth-order valence-corrected chi connectivity index (χ4v) is 2.67. The highest BCUT2D eigenvalue weighted by atomic mass is 16.5. The van der Waals surface area contributed by atoms with E-state index in [4.69, 9.17) is 4.74 Å². The molecule has 5 nitrogen and oxygen atoms in total. The monoisotopic (exact) mass is 280 g/mol. The number of nitrogens with one attached hydrogen (secondary N) is 1. The van der Waals surface area contributed by atoms with Gasteiger partial charge in [0.05, 0.1) is 24.6 Å². The third kappa shape index (κ3) is 4.04. The lowest BCUT2D eigenvalue weighted by molar-refractivity contribution is -0.0125. The van der Waals surface area contributed by atoms with Crippen molar-refractivity contribution in [3.63, 3.8) is 0 Å². The molecule has 0 radical (unpaired) electrons. The zero-order valence-corrected chi connectivity index (χ0v) is 13.2. The van der Waals surface area contributed by atoms with Gasteiger partial charge < -0.3 is 10.1 Å². The summed E-state index contributed by atoms with van der Waals surface area (Å²) >= 11 is 0. The van der Waals surface area contributed by atoms with Gasteiger partial charge in [0.25, 0.3) is 0 Å². The van der Waals surface area contributed by atoms with E-state index in [0.29, 0.717) is 12.1 Å². The number of hydrogen-bond acceptors (Lipinski definition) is 4. The van der Waals surface area contributed by atoms with E-state index < -0.39 is 0 Å². The molecule has 0 saturated carbocycles. The molecule has 1 aromatic heterocycles. The van der Waals surface area contributed by atoms with E-state index in [1.807, 2.05) is 0 Å². The predicted octanol–water partition coefficient (Wildman–Crippen LogP) is 1.41. The highest BCUT2D eigenvalue weighted by Gasteiger charge is 2.24. The Bertz CT molecular complexity index is 416. The summed E-state index contributed by atoms with van der Waals surface area (Å²) in [6, 6.07) is 3.17. The van der Waals surface area contributed by atoms with Crippen molar-refractivity contribution in [1.29, 1.82) is 0 Å². The molecule has 1 aliphatic heterocycles. The van der Waals surface area contributed by atoms with Crippen LogP contribution in [0.4, 0.5) is 0 Å². The zero-order valence-electron chi connectivity index (χ0n) is 13.2. The molecule has 1 N–H and O–H groups in total. The minimum Gasteiger partial charge on any atom is -0.378 e. The summed E-state index contributed by atoms with van der Waals surface area (Å²) in [5, 5.41) is 8.06. The molecule has 1 saturated heterocycles. The van der Waals surface area contributed by atoms with E-state index in [0.717, 1.165) is 45.1 Å². The highest BCUT2D eigenvalue weighted by Crippen LogP contribution is 2.13. The van der Waals surface area contributed by atoms with Crippen LogP contribution in [-0.2, 0) is 17.8 Å². The van der Waals surface area contributed by atoms with Crippen molar-refractivity contribution < 1.29 is 4.74 Å². The first-order chi connectivity index (χ1) is 9.60. The molecule has 2 rings (SSSR count). The Labute approximate surface area is 122 Å². The summed E-state index contributed by atoms with van der Waals surface area (Å²) < 4.78 is 7.75. The first-order valence-corrected chi connectivity index (χ1v) is 7.68. The van der Waals surface area contributed by atoms with Gasteiger partial charge in [-0.1, -0.05) is 13.8 Å². The largest absolute Gasteiger partial charge is 0.378 e. The Morgan fingerprint density at radius 3 is 3.00 bits per heavy atom. The highest BCUT2D eigenvalue weighted by molar-refractivity contribution is 5.09. The molecule has 1 aromatic rings. The van der Waals surface area contributed by atoms with E-state index in [1.54, 1.807) is 0 Å². The molecular formula is C15H28N4O. The molecule has 20 heavy (non-hydrogen) atoms. The summed E-state index contributed by atoms with van der Waals surface area (Å²) in [6.45, 7) is 14.1. The van der Waals surface area contributed by atoms with Gasteiger partial charge in [0.2, 0.25) is 0 Å². The second kappa shape index (κ2) is 7.20. The molecule has 0 aliphatic carbocycles. The van der Waals surface area contributed by atoms with Crippen molar-refractivity contribution >= 4 is 0 Å². The Morgan fingerprint density at radius 2 is 2.30 bits per heavy atom. The molecule has 1 aliphatic rings. The van der Waals surface area contributed by atoms with Gasteiger partial charge >= 0.3 is 0 Å². The van der Waals surface area contributed by atoms with E-state index in [2.05, 4.69) is 53.8 Å². The quantitative estimate of drug-likeness (QED) is 0.855. The molecule has 5 heteroatoms. The fraction of sp³-hybridized carbons (Fsp3) is 0.800. The summed E-state index contributed by atoms with van der Waals surface area (Å²) in [4.78, 5) is 2.52. The molecule has 0 spiro atoms. The second-order valence-electron chi connectivity index (χ2n) is 5.85. The summed E-state index contributed by atoms with van der Waals surface area (Å²) in [5.41, 5.74) is 2.41. The average Bonchev–Trinajstić information content (AvgIpc) is 2.77. The van der Waals surface area contributed by atoms with Crippen LogP contribution in [-0.4, -0.2) is 53.1 Å². The van der Waals surface area contributed by atoms with Gasteiger partial charge in [0.1, 0.15) is 0 Å². The van der Waals surface area contributed by atoms with Gasteiger partial charge in [-0.15, -0.1) is 0 Å². The maximum atomic E-state index is 5.64. The van der Waals surface area contributed by atoms with Crippen molar-refractivity contribution in [1.82, 2.24) is 20.0 Å². The van der Waals surface area contributed by atoms with Crippen LogP contribution in [0.3, 0.4) is 0 Å². The Morgan fingerprint density at radius 1 is 1.50 bits per heavy atom. The molecular weight excluding hydrogens is 252 g/mol. The predicted molar refractivity (Wildman–Crippen MR) is 80.8 cm³/mol. The summed E-state index contributed by atoms with van der Waals surface area (Å²) in [6.07, 6.45) is 0. The van der Waals surface area contributed by atoms with E-state index in [1.165, 1.54) is 5.69 Å². The third-order valence-corrected chi connectivity index (χ3v) is 3.76. The molecule has 0 bridgehead atoms. The van der Waals surface area contributed by atoms with Crippen molar-refractivity contribution in [3.05, 3.63) is 17.5 Å². The molecule has 1 atom stereocenters. The van der Waals surface area contributed by atoms with Crippen LogP contribution < -0.4 is 5.32 Å². The standard InChI is InChI=1S/C15H28N4O/c1-5-19-14(8-13(4)17-19)10-18-6-7-20-11-15(18)9-16-12(2)3/h8,12,15-16H,5-7,9-11H2,1-4H3. The lowest BCUT2D eigenvalue weighted by Gasteiger charge is -2.36. The molecule has 1 unspecified atom stereocenters. The minimum absolute atomic E-state index is 0.451. The summed E-state index contributed by atoms with van der Waals surface area (Å²) in [5.74, 6) is 0. The molecule has 114 valence electrons. The SMILES string of the molecule is CCn1nc(C)cc1CN1CCOCC1CNC(C)C. The average molecular weight is 280 g/mol. The zero-order chi connectivity index (χ0) is 14.5. The topological polar surface area (TPSA) is 42.3 Å².